The van der Waals surface area contributed by atoms with E-state index in [1.807, 2.05) is 0 Å². The van der Waals surface area contributed by atoms with Gasteiger partial charge >= 0.3 is 0 Å². The third kappa shape index (κ3) is 3.31. The van der Waals surface area contributed by atoms with Gasteiger partial charge in [0.25, 0.3) is 5.91 Å². The van der Waals surface area contributed by atoms with Gasteiger partial charge in [0.1, 0.15) is 11.4 Å². The van der Waals surface area contributed by atoms with E-state index < -0.39 is 11.4 Å². The molecule has 0 spiro atoms. The molecule has 1 N–H and O–H groups in total. The number of halogens is 1. The van der Waals surface area contributed by atoms with Crippen molar-refractivity contribution in [2.24, 2.45) is 0 Å². The van der Waals surface area contributed by atoms with E-state index in [0.717, 1.165) is 25.7 Å². The van der Waals surface area contributed by atoms with Crippen LogP contribution in [0.5, 0.6) is 0 Å². The van der Waals surface area contributed by atoms with Gasteiger partial charge in [-0.1, -0.05) is 31.7 Å². The first-order valence-corrected chi connectivity index (χ1v) is 6.65. The molecule has 100 valence electrons. The second-order valence-electron chi connectivity index (χ2n) is 5.07. The average Bonchev–Trinajstić information content (AvgIpc) is 2.65. The van der Waals surface area contributed by atoms with Gasteiger partial charge in [-0.25, -0.2) is 4.39 Å². The number of nitriles is 1. The zero-order chi connectivity index (χ0) is 13.7. The third-order valence-corrected chi connectivity index (χ3v) is 3.61. The van der Waals surface area contributed by atoms with Gasteiger partial charge in [0.2, 0.25) is 0 Å². The van der Waals surface area contributed by atoms with Gasteiger partial charge in [-0.15, -0.1) is 0 Å². The fourth-order valence-corrected chi connectivity index (χ4v) is 2.52. The van der Waals surface area contributed by atoms with E-state index in [2.05, 4.69) is 11.4 Å². The topological polar surface area (TPSA) is 52.9 Å². The highest BCUT2D eigenvalue weighted by Crippen LogP contribution is 2.27. The molecular formula is C15H17FN2O. The zero-order valence-corrected chi connectivity index (χ0v) is 10.8. The highest BCUT2D eigenvalue weighted by molar-refractivity contribution is 5.94. The number of benzene rings is 1. The van der Waals surface area contributed by atoms with Crippen molar-refractivity contribution in [3.63, 3.8) is 0 Å². The van der Waals surface area contributed by atoms with Crippen LogP contribution in [0.15, 0.2) is 24.3 Å². The van der Waals surface area contributed by atoms with Gasteiger partial charge in [0, 0.05) is 5.56 Å². The Morgan fingerprint density at radius 3 is 2.53 bits per heavy atom. The van der Waals surface area contributed by atoms with Crippen LogP contribution in [0.25, 0.3) is 0 Å². The molecule has 0 bridgehead atoms. The standard InChI is InChI=1S/C15H17FN2O/c16-13-7-5-6-12(10-13)14(19)18-15(11-17)8-3-1-2-4-9-15/h5-7,10H,1-4,8-9H2,(H,18,19). The van der Waals surface area contributed by atoms with Crippen molar-refractivity contribution in [1.29, 1.82) is 5.26 Å². The van der Waals surface area contributed by atoms with E-state index in [1.54, 1.807) is 6.07 Å². The summed E-state index contributed by atoms with van der Waals surface area (Å²) in [5.74, 6) is -0.817. The van der Waals surface area contributed by atoms with Gasteiger partial charge in [-0.3, -0.25) is 4.79 Å². The number of amides is 1. The van der Waals surface area contributed by atoms with Crippen LogP contribution in [0.4, 0.5) is 4.39 Å². The smallest absolute Gasteiger partial charge is 0.252 e. The van der Waals surface area contributed by atoms with Crippen molar-refractivity contribution in [1.82, 2.24) is 5.32 Å². The highest BCUT2D eigenvalue weighted by Gasteiger charge is 2.32. The lowest BCUT2D eigenvalue weighted by atomic mass is 9.91. The number of hydrogen-bond acceptors (Lipinski definition) is 2. The number of rotatable bonds is 2. The second kappa shape index (κ2) is 5.83. The van der Waals surface area contributed by atoms with E-state index in [4.69, 9.17) is 0 Å². The van der Waals surface area contributed by atoms with E-state index in [9.17, 15) is 14.4 Å². The summed E-state index contributed by atoms with van der Waals surface area (Å²) in [5.41, 5.74) is -0.529. The summed E-state index contributed by atoms with van der Waals surface area (Å²) in [6, 6.07) is 7.78. The van der Waals surface area contributed by atoms with Crippen molar-refractivity contribution >= 4 is 5.91 Å². The Bertz CT molecular complexity index is 499. The quantitative estimate of drug-likeness (QED) is 0.830. The molecular weight excluding hydrogens is 243 g/mol. The molecule has 1 aliphatic carbocycles. The first kappa shape index (κ1) is 13.5. The van der Waals surface area contributed by atoms with Crippen molar-refractivity contribution < 1.29 is 9.18 Å². The molecule has 1 aliphatic rings. The molecule has 0 aliphatic heterocycles. The van der Waals surface area contributed by atoms with Gasteiger partial charge in [-0.2, -0.15) is 5.26 Å². The van der Waals surface area contributed by atoms with Gasteiger partial charge in [-0.05, 0) is 31.0 Å². The maximum atomic E-state index is 13.1. The Hall–Kier alpha value is -1.89. The van der Waals surface area contributed by atoms with Crippen LogP contribution in [-0.4, -0.2) is 11.4 Å². The van der Waals surface area contributed by atoms with E-state index in [0.29, 0.717) is 12.8 Å². The van der Waals surface area contributed by atoms with Crippen LogP contribution in [0.1, 0.15) is 48.9 Å². The number of hydrogen-bond donors (Lipinski definition) is 1. The molecule has 1 aromatic carbocycles. The lowest BCUT2D eigenvalue weighted by molar-refractivity contribution is 0.0912. The first-order chi connectivity index (χ1) is 9.15. The molecule has 0 unspecified atom stereocenters. The summed E-state index contributed by atoms with van der Waals surface area (Å²) in [7, 11) is 0. The number of carbonyl (C=O) groups excluding carboxylic acids is 1. The Kier molecular flexibility index (Phi) is 4.16. The summed E-state index contributed by atoms with van der Waals surface area (Å²) >= 11 is 0. The van der Waals surface area contributed by atoms with Crippen molar-refractivity contribution in [2.75, 3.05) is 0 Å². The summed E-state index contributed by atoms with van der Waals surface area (Å²) < 4.78 is 13.1. The number of nitrogens with zero attached hydrogens (tertiary/aromatic N) is 1. The largest absolute Gasteiger partial charge is 0.334 e. The maximum absolute atomic E-state index is 13.1. The fraction of sp³-hybridized carbons (Fsp3) is 0.467. The molecule has 1 aromatic rings. The molecule has 4 heteroatoms. The lowest BCUT2D eigenvalue weighted by Crippen LogP contribution is -2.47. The molecule has 0 aromatic heterocycles. The summed E-state index contributed by atoms with van der Waals surface area (Å²) in [5, 5.41) is 12.2. The average molecular weight is 260 g/mol. The minimum Gasteiger partial charge on any atom is -0.334 e. The monoisotopic (exact) mass is 260 g/mol. The van der Waals surface area contributed by atoms with Crippen LogP contribution in [0.2, 0.25) is 0 Å². The highest BCUT2D eigenvalue weighted by atomic mass is 19.1. The van der Waals surface area contributed by atoms with Gasteiger partial charge in [0.15, 0.2) is 0 Å². The normalized spacial score (nSPS) is 18.1. The minimum absolute atomic E-state index is 0.263. The zero-order valence-electron chi connectivity index (χ0n) is 10.8. The van der Waals surface area contributed by atoms with Crippen molar-refractivity contribution in [2.45, 2.75) is 44.1 Å². The number of nitrogens with one attached hydrogen (secondary N) is 1. The Morgan fingerprint density at radius 2 is 1.95 bits per heavy atom. The van der Waals surface area contributed by atoms with Gasteiger partial charge < -0.3 is 5.32 Å². The van der Waals surface area contributed by atoms with Crippen LogP contribution in [0.3, 0.4) is 0 Å². The van der Waals surface area contributed by atoms with Crippen LogP contribution >= 0.6 is 0 Å². The molecule has 3 nitrogen and oxygen atoms in total. The van der Waals surface area contributed by atoms with Crippen LogP contribution in [-0.2, 0) is 0 Å². The molecule has 0 heterocycles. The summed E-state index contributed by atoms with van der Waals surface area (Å²) in [6.45, 7) is 0. The van der Waals surface area contributed by atoms with E-state index in [-0.39, 0.29) is 11.5 Å². The molecule has 1 saturated carbocycles. The minimum atomic E-state index is -0.792. The lowest BCUT2D eigenvalue weighted by Gasteiger charge is -2.26. The SMILES string of the molecule is N#CC1(NC(=O)c2cccc(F)c2)CCCCCC1. The van der Waals surface area contributed by atoms with E-state index >= 15 is 0 Å². The predicted molar refractivity (Wildman–Crippen MR) is 69.9 cm³/mol. The Labute approximate surface area is 112 Å². The molecule has 1 amide bonds. The Morgan fingerprint density at radius 1 is 1.26 bits per heavy atom. The Balaban J connectivity index is 2.14. The summed E-state index contributed by atoms with van der Waals surface area (Å²) in [6.07, 6.45) is 5.42. The van der Waals surface area contributed by atoms with Crippen molar-refractivity contribution in [3.05, 3.63) is 35.6 Å². The molecule has 2 rings (SSSR count). The van der Waals surface area contributed by atoms with Gasteiger partial charge in [0.05, 0.1) is 6.07 Å². The molecule has 19 heavy (non-hydrogen) atoms. The third-order valence-electron chi connectivity index (χ3n) is 3.61. The maximum Gasteiger partial charge on any atom is 0.252 e. The number of carbonyl (C=O) groups is 1. The van der Waals surface area contributed by atoms with E-state index in [1.165, 1.54) is 18.2 Å². The molecule has 0 saturated heterocycles. The predicted octanol–water partition coefficient (Wildman–Crippen LogP) is 3.17. The molecule has 0 radical (unpaired) electrons. The van der Waals surface area contributed by atoms with Crippen LogP contribution in [0, 0.1) is 17.1 Å². The van der Waals surface area contributed by atoms with Crippen LogP contribution < -0.4 is 5.32 Å². The first-order valence-electron chi connectivity index (χ1n) is 6.65. The molecule has 1 fully saturated rings. The fourth-order valence-electron chi connectivity index (χ4n) is 2.52. The second-order valence-corrected chi connectivity index (χ2v) is 5.07. The summed E-state index contributed by atoms with van der Waals surface area (Å²) in [4.78, 5) is 12.1. The van der Waals surface area contributed by atoms with Crippen molar-refractivity contribution in [3.8, 4) is 6.07 Å². The molecule has 0 atom stereocenters.